The molecule has 1 saturated carbocycles. The number of fused-ring (bicyclic) bond motifs is 4. The Hall–Kier alpha value is -0.370. The molecule has 2 aliphatic heterocycles. The average molecular weight is 182 g/mol. The molecule has 2 bridgehead atoms. The Kier molecular flexibility index (Phi) is 1.82. The lowest BCUT2D eigenvalue weighted by molar-refractivity contribution is -0.187. The molecule has 2 unspecified atom stereocenters. The van der Waals surface area contributed by atoms with E-state index in [0.29, 0.717) is 18.1 Å². The van der Waals surface area contributed by atoms with E-state index in [0.717, 1.165) is 19.3 Å². The fraction of sp³-hybridized carbons (Fsp3) is 0.909. The fourth-order valence-corrected chi connectivity index (χ4v) is 2.77. The molecule has 0 radical (unpaired) electrons. The molecule has 0 aromatic carbocycles. The zero-order valence-electron chi connectivity index (χ0n) is 8.72. The summed E-state index contributed by atoms with van der Waals surface area (Å²) in [4.78, 5) is 11.8. The predicted octanol–water partition coefficient (Wildman–Crippen LogP) is 2.31. The van der Waals surface area contributed by atoms with Gasteiger partial charge in [0.1, 0.15) is 5.60 Å². The van der Waals surface area contributed by atoms with Gasteiger partial charge in [-0.05, 0) is 46.0 Å². The number of ketones is 1. The minimum atomic E-state index is -0.476. The van der Waals surface area contributed by atoms with Crippen LogP contribution in [0.25, 0.3) is 0 Å². The molecule has 1 aliphatic carbocycles. The van der Waals surface area contributed by atoms with Crippen LogP contribution in [0.4, 0.5) is 0 Å². The van der Waals surface area contributed by atoms with Gasteiger partial charge in [-0.25, -0.2) is 0 Å². The van der Waals surface area contributed by atoms with Crippen molar-refractivity contribution < 1.29 is 9.53 Å². The average Bonchev–Trinajstić information content (AvgIpc) is 2.16. The molecule has 0 amide bonds. The van der Waals surface area contributed by atoms with Crippen LogP contribution in [0.15, 0.2) is 0 Å². The molecule has 3 aliphatic rings. The summed E-state index contributed by atoms with van der Waals surface area (Å²) in [6, 6.07) is 0. The summed E-state index contributed by atoms with van der Waals surface area (Å²) in [5.74, 6) is 0.882. The summed E-state index contributed by atoms with van der Waals surface area (Å²) in [6.07, 6.45) is 3.79. The van der Waals surface area contributed by atoms with Crippen molar-refractivity contribution in [3.63, 3.8) is 0 Å². The highest BCUT2D eigenvalue weighted by Crippen LogP contribution is 2.45. The zero-order valence-corrected chi connectivity index (χ0v) is 8.72. The van der Waals surface area contributed by atoms with Crippen molar-refractivity contribution in [2.45, 2.75) is 57.7 Å². The van der Waals surface area contributed by atoms with Gasteiger partial charge < -0.3 is 4.74 Å². The minimum absolute atomic E-state index is 0.0981. The summed E-state index contributed by atoms with van der Waals surface area (Å²) in [7, 11) is 0. The first-order valence-corrected chi connectivity index (χ1v) is 5.17. The van der Waals surface area contributed by atoms with Crippen LogP contribution >= 0.6 is 0 Å². The summed E-state index contributed by atoms with van der Waals surface area (Å²) < 4.78 is 5.95. The van der Waals surface area contributed by atoms with Crippen molar-refractivity contribution in [2.75, 3.05) is 0 Å². The van der Waals surface area contributed by atoms with Gasteiger partial charge >= 0.3 is 0 Å². The van der Waals surface area contributed by atoms with Crippen molar-refractivity contribution in [2.24, 2.45) is 5.92 Å². The highest BCUT2D eigenvalue weighted by atomic mass is 16.5. The molecule has 13 heavy (non-hydrogen) atoms. The number of hydrogen-bond acceptors (Lipinski definition) is 2. The van der Waals surface area contributed by atoms with Crippen LogP contribution < -0.4 is 0 Å². The predicted molar refractivity (Wildman–Crippen MR) is 50.5 cm³/mol. The second-order valence-corrected chi connectivity index (χ2v) is 5.13. The number of carbonyl (C=O) groups excluding carboxylic acids is 1. The SMILES string of the molecule is CC12CCC(CCC1=O)C(C)(C)O2. The van der Waals surface area contributed by atoms with Crippen LogP contribution in [0, 0.1) is 5.92 Å². The first kappa shape index (κ1) is 9.20. The maximum Gasteiger partial charge on any atom is 0.164 e. The number of carbonyl (C=O) groups is 1. The third-order valence-electron chi connectivity index (χ3n) is 3.75. The van der Waals surface area contributed by atoms with Crippen molar-refractivity contribution in [3.8, 4) is 0 Å². The van der Waals surface area contributed by atoms with Gasteiger partial charge in [0.05, 0.1) is 5.60 Å². The van der Waals surface area contributed by atoms with Gasteiger partial charge in [-0.2, -0.15) is 0 Å². The molecule has 2 atom stereocenters. The van der Waals surface area contributed by atoms with Crippen LogP contribution in [-0.4, -0.2) is 17.0 Å². The quantitative estimate of drug-likeness (QED) is 0.574. The van der Waals surface area contributed by atoms with Gasteiger partial charge in [-0.3, -0.25) is 4.79 Å². The molecule has 0 aromatic heterocycles. The van der Waals surface area contributed by atoms with Gasteiger partial charge in [0.2, 0.25) is 0 Å². The zero-order chi connectivity index (χ0) is 9.69. The van der Waals surface area contributed by atoms with Crippen molar-refractivity contribution in [1.82, 2.24) is 0 Å². The molecule has 2 nitrogen and oxygen atoms in total. The number of rotatable bonds is 0. The van der Waals surface area contributed by atoms with Crippen molar-refractivity contribution in [3.05, 3.63) is 0 Å². The smallest absolute Gasteiger partial charge is 0.164 e. The Labute approximate surface area is 79.7 Å². The Morgan fingerprint density at radius 3 is 2.62 bits per heavy atom. The molecule has 74 valence electrons. The lowest BCUT2D eigenvalue weighted by atomic mass is 9.80. The Bertz CT molecular complexity index is 244. The van der Waals surface area contributed by atoms with Crippen LogP contribution in [0.3, 0.4) is 0 Å². The third kappa shape index (κ3) is 1.32. The molecule has 3 rings (SSSR count). The standard InChI is InChI=1S/C11H18O2/c1-10(2)8-4-5-9(12)11(3,13-10)7-6-8/h8H,4-7H2,1-3H3. The monoisotopic (exact) mass is 182 g/mol. The van der Waals surface area contributed by atoms with E-state index in [1.807, 2.05) is 6.92 Å². The minimum Gasteiger partial charge on any atom is -0.361 e. The topological polar surface area (TPSA) is 26.3 Å². The van der Waals surface area contributed by atoms with Crippen molar-refractivity contribution in [1.29, 1.82) is 0 Å². The molecule has 2 saturated heterocycles. The van der Waals surface area contributed by atoms with Gasteiger partial charge in [0.15, 0.2) is 5.78 Å². The largest absolute Gasteiger partial charge is 0.361 e. The maximum absolute atomic E-state index is 11.8. The third-order valence-corrected chi connectivity index (χ3v) is 3.75. The second kappa shape index (κ2) is 2.57. The molecular weight excluding hydrogens is 164 g/mol. The summed E-state index contributed by atoms with van der Waals surface area (Å²) >= 11 is 0. The number of hydrogen-bond donors (Lipinski definition) is 0. The van der Waals surface area contributed by atoms with Gasteiger partial charge in [0.25, 0.3) is 0 Å². The summed E-state index contributed by atoms with van der Waals surface area (Å²) in [6.45, 7) is 6.19. The molecule has 2 heterocycles. The normalized spacial score (nSPS) is 43.3. The molecule has 0 aromatic rings. The first-order chi connectivity index (χ1) is 5.94. The molecular formula is C11H18O2. The lowest BCUT2D eigenvalue weighted by Gasteiger charge is -2.44. The van der Waals surface area contributed by atoms with Crippen LogP contribution in [0.2, 0.25) is 0 Å². The Morgan fingerprint density at radius 2 is 2.00 bits per heavy atom. The molecule has 0 N–H and O–H groups in total. The van der Waals surface area contributed by atoms with Crippen LogP contribution in [-0.2, 0) is 9.53 Å². The number of ether oxygens (including phenoxy) is 1. The van der Waals surface area contributed by atoms with Gasteiger partial charge in [0, 0.05) is 6.42 Å². The van der Waals surface area contributed by atoms with E-state index >= 15 is 0 Å². The Balaban J connectivity index is 2.35. The highest BCUT2D eigenvalue weighted by Gasteiger charge is 2.49. The van der Waals surface area contributed by atoms with E-state index in [2.05, 4.69) is 13.8 Å². The van der Waals surface area contributed by atoms with E-state index in [-0.39, 0.29) is 5.60 Å². The van der Waals surface area contributed by atoms with Gasteiger partial charge in [-0.1, -0.05) is 0 Å². The maximum atomic E-state index is 11.8. The Morgan fingerprint density at radius 1 is 1.31 bits per heavy atom. The van der Waals surface area contributed by atoms with Crippen LogP contribution in [0.5, 0.6) is 0 Å². The van der Waals surface area contributed by atoms with Crippen molar-refractivity contribution >= 4 is 5.78 Å². The van der Waals surface area contributed by atoms with E-state index in [1.54, 1.807) is 0 Å². The van der Waals surface area contributed by atoms with E-state index in [4.69, 9.17) is 4.74 Å². The van der Waals surface area contributed by atoms with Crippen LogP contribution in [0.1, 0.15) is 46.5 Å². The van der Waals surface area contributed by atoms with E-state index in [1.165, 1.54) is 0 Å². The highest BCUT2D eigenvalue weighted by molar-refractivity contribution is 5.87. The summed E-state index contributed by atoms with van der Waals surface area (Å²) in [5.41, 5.74) is -0.574. The molecule has 0 spiro atoms. The summed E-state index contributed by atoms with van der Waals surface area (Å²) in [5, 5.41) is 0. The van der Waals surface area contributed by atoms with E-state index < -0.39 is 5.60 Å². The molecule has 3 fully saturated rings. The lowest BCUT2D eigenvalue weighted by Crippen LogP contribution is -2.49. The second-order valence-electron chi connectivity index (χ2n) is 5.13. The van der Waals surface area contributed by atoms with E-state index in [9.17, 15) is 4.79 Å². The number of Topliss-reactive ketones (excluding diaryl/α,β-unsaturated/α-hetero) is 1. The molecule has 2 heteroatoms. The first-order valence-electron chi connectivity index (χ1n) is 5.17. The van der Waals surface area contributed by atoms with Gasteiger partial charge in [-0.15, -0.1) is 0 Å². The fourth-order valence-electron chi connectivity index (χ4n) is 2.77.